The SMILES string of the molecule is CC(C)c1ncnc(N2CCN(c3cc(C(F)F)nc(C4CC4)n3)CC2)c1F. The van der Waals surface area contributed by atoms with E-state index in [-0.39, 0.29) is 23.3 Å². The van der Waals surface area contributed by atoms with Crippen LogP contribution in [0.2, 0.25) is 0 Å². The highest BCUT2D eigenvalue weighted by molar-refractivity contribution is 5.47. The van der Waals surface area contributed by atoms with E-state index in [2.05, 4.69) is 19.9 Å². The number of nitrogens with zero attached hydrogens (tertiary/aromatic N) is 6. The first kappa shape index (κ1) is 18.9. The molecule has 28 heavy (non-hydrogen) atoms. The second kappa shape index (κ2) is 7.52. The van der Waals surface area contributed by atoms with E-state index in [1.165, 1.54) is 12.4 Å². The smallest absolute Gasteiger partial charge is 0.280 e. The molecule has 9 heteroatoms. The summed E-state index contributed by atoms with van der Waals surface area (Å²) < 4.78 is 41.2. The first-order chi connectivity index (χ1) is 13.4. The summed E-state index contributed by atoms with van der Waals surface area (Å²) in [5.74, 6) is 1.12. The summed E-state index contributed by atoms with van der Waals surface area (Å²) in [5.41, 5.74) is 0.177. The van der Waals surface area contributed by atoms with E-state index in [1.54, 1.807) is 0 Å². The molecule has 1 aliphatic heterocycles. The van der Waals surface area contributed by atoms with Gasteiger partial charge in [-0.15, -0.1) is 0 Å². The molecule has 3 heterocycles. The van der Waals surface area contributed by atoms with Crippen molar-refractivity contribution in [3.05, 3.63) is 35.4 Å². The zero-order valence-electron chi connectivity index (χ0n) is 15.9. The Morgan fingerprint density at radius 2 is 1.68 bits per heavy atom. The summed E-state index contributed by atoms with van der Waals surface area (Å²) in [5, 5.41) is 0. The van der Waals surface area contributed by atoms with E-state index in [0.717, 1.165) is 12.8 Å². The van der Waals surface area contributed by atoms with Gasteiger partial charge in [0.05, 0.1) is 5.69 Å². The molecule has 1 aliphatic carbocycles. The van der Waals surface area contributed by atoms with E-state index in [1.807, 2.05) is 23.6 Å². The van der Waals surface area contributed by atoms with Crippen molar-refractivity contribution >= 4 is 11.6 Å². The van der Waals surface area contributed by atoms with E-state index >= 15 is 0 Å². The van der Waals surface area contributed by atoms with Crippen LogP contribution in [0.15, 0.2) is 12.4 Å². The highest BCUT2D eigenvalue weighted by Gasteiger charge is 2.30. The topological polar surface area (TPSA) is 58.0 Å². The van der Waals surface area contributed by atoms with Crippen molar-refractivity contribution in [3.8, 4) is 0 Å². The van der Waals surface area contributed by atoms with Crippen molar-refractivity contribution in [2.45, 2.75) is 45.0 Å². The number of aromatic nitrogens is 4. The minimum atomic E-state index is -2.62. The molecule has 150 valence electrons. The summed E-state index contributed by atoms with van der Waals surface area (Å²) >= 11 is 0. The normalized spacial score (nSPS) is 17.7. The Morgan fingerprint density at radius 1 is 1.00 bits per heavy atom. The van der Waals surface area contributed by atoms with Gasteiger partial charge in [0.2, 0.25) is 0 Å². The van der Waals surface area contributed by atoms with Gasteiger partial charge >= 0.3 is 0 Å². The third-order valence-corrected chi connectivity index (χ3v) is 5.16. The van der Waals surface area contributed by atoms with Gasteiger partial charge in [-0.05, 0) is 18.8 Å². The Morgan fingerprint density at radius 3 is 2.29 bits per heavy atom. The summed E-state index contributed by atoms with van der Waals surface area (Å²) in [4.78, 5) is 20.5. The second-order valence-electron chi connectivity index (χ2n) is 7.61. The molecule has 2 aliphatic rings. The molecule has 2 aromatic rings. The first-order valence-electron chi connectivity index (χ1n) is 9.61. The van der Waals surface area contributed by atoms with Crippen LogP contribution in [0.25, 0.3) is 0 Å². The van der Waals surface area contributed by atoms with Crippen LogP contribution in [0.1, 0.15) is 62.2 Å². The van der Waals surface area contributed by atoms with Gasteiger partial charge in [-0.25, -0.2) is 33.1 Å². The van der Waals surface area contributed by atoms with E-state index in [0.29, 0.717) is 49.3 Å². The van der Waals surface area contributed by atoms with Gasteiger partial charge in [0.25, 0.3) is 6.43 Å². The summed E-state index contributed by atoms with van der Waals surface area (Å²) in [7, 11) is 0. The molecule has 2 aromatic heterocycles. The third kappa shape index (κ3) is 3.74. The molecule has 0 spiro atoms. The predicted molar refractivity (Wildman–Crippen MR) is 99.5 cm³/mol. The van der Waals surface area contributed by atoms with Crippen LogP contribution in [0.3, 0.4) is 0 Å². The van der Waals surface area contributed by atoms with E-state index < -0.39 is 6.43 Å². The van der Waals surface area contributed by atoms with E-state index in [4.69, 9.17) is 0 Å². The zero-order valence-corrected chi connectivity index (χ0v) is 15.9. The van der Waals surface area contributed by atoms with Gasteiger partial charge in [0.1, 0.15) is 23.7 Å². The van der Waals surface area contributed by atoms with Crippen LogP contribution < -0.4 is 9.80 Å². The molecule has 0 aromatic carbocycles. The Bertz CT molecular complexity index is 827. The van der Waals surface area contributed by atoms with Gasteiger partial charge in [0, 0.05) is 38.2 Å². The fourth-order valence-electron chi connectivity index (χ4n) is 3.41. The van der Waals surface area contributed by atoms with Gasteiger partial charge in [-0.3, -0.25) is 0 Å². The molecular formula is C19H23F3N6. The fourth-order valence-corrected chi connectivity index (χ4v) is 3.41. The first-order valence-corrected chi connectivity index (χ1v) is 9.61. The van der Waals surface area contributed by atoms with Gasteiger partial charge < -0.3 is 9.80 Å². The molecule has 1 saturated heterocycles. The van der Waals surface area contributed by atoms with Gasteiger partial charge in [-0.2, -0.15) is 0 Å². The van der Waals surface area contributed by atoms with Crippen molar-refractivity contribution in [1.82, 2.24) is 19.9 Å². The van der Waals surface area contributed by atoms with Crippen LogP contribution >= 0.6 is 0 Å². The van der Waals surface area contributed by atoms with Crippen molar-refractivity contribution in [3.63, 3.8) is 0 Å². The number of rotatable bonds is 5. The Kier molecular flexibility index (Phi) is 5.07. The predicted octanol–water partition coefficient (Wildman–Crippen LogP) is 3.67. The lowest BCUT2D eigenvalue weighted by atomic mass is 10.1. The largest absolute Gasteiger partial charge is 0.353 e. The molecule has 0 N–H and O–H groups in total. The number of halogens is 3. The highest BCUT2D eigenvalue weighted by atomic mass is 19.3. The number of hydrogen-bond donors (Lipinski definition) is 0. The Labute approximate surface area is 161 Å². The van der Waals surface area contributed by atoms with Crippen LogP contribution in [-0.2, 0) is 0 Å². The van der Waals surface area contributed by atoms with Crippen molar-refractivity contribution in [2.24, 2.45) is 0 Å². The van der Waals surface area contributed by atoms with Crippen molar-refractivity contribution < 1.29 is 13.2 Å². The van der Waals surface area contributed by atoms with Crippen LogP contribution in [-0.4, -0.2) is 46.1 Å². The zero-order chi connectivity index (χ0) is 19.8. The highest BCUT2D eigenvalue weighted by Crippen LogP contribution is 2.39. The lowest BCUT2D eigenvalue weighted by molar-refractivity contribution is 0.145. The fraction of sp³-hybridized carbons (Fsp3) is 0.579. The molecule has 6 nitrogen and oxygen atoms in total. The van der Waals surface area contributed by atoms with Crippen LogP contribution in [0.4, 0.5) is 24.8 Å². The van der Waals surface area contributed by atoms with Crippen LogP contribution in [0, 0.1) is 5.82 Å². The molecule has 1 saturated carbocycles. The quantitative estimate of drug-likeness (QED) is 0.774. The molecule has 4 rings (SSSR count). The lowest BCUT2D eigenvalue weighted by Gasteiger charge is -2.36. The molecule has 0 atom stereocenters. The monoisotopic (exact) mass is 392 g/mol. The van der Waals surface area contributed by atoms with Crippen molar-refractivity contribution in [1.29, 1.82) is 0 Å². The van der Waals surface area contributed by atoms with Crippen molar-refractivity contribution in [2.75, 3.05) is 36.0 Å². The molecule has 0 bridgehead atoms. The Hall–Kier alpha value is -2.45. The minimum Gasteiger partial charge on any atom is -0.353 e. The maximum Gasteiger partial charge on any atom is 0.280 e. The maximum atomic E-state index is 14.7. The molecule has 0 unspecified atom stereocenters. The molecule has 2 fully saturated rings. The summed E-state index contributed by atoms with van der Waals surface area (Å²) in [6.07, 6.45) is 0.669. The summed E-state index contributed by atoms with van der Waals surface area (Å²) in [6, 6.07) is 1.37. The lowest BCUT2D eigenvalue weighted by Crippen LogP contribution is -2.47. The number of piperazine rings is 1. The number of hydrogen-bond acceptors (Lipinski definition) is 6. The number of anilines is 2. The Balaban J connectivity index is 1.51. The standard InChI is InChI=1S/C19H23F3N6/c1-11(2)16-15(20)19(24-10-23-16)28-7-5-27(6-8-28)14-9-13(17(21)22)25-18(26-14)12-3-4-12/h9-12,17H,3-8H2,1-2H3. The van der Waals surface area contributed by atoms with Gasteiger partial charge in [-0.1, -0.05) is 13.8 Å². The minimum absolute atomic E-state index is 0.0299. The van der Waals surface area contributed by atoms with E-state index in [9.17, 15) is 13.2 Å². The van der Waals surface area contributed by atoms with Gasteiger partial charge in [0.15, 0.2) is 11.6 Å². The van der Waals surface area contributed by atoms with Crippen LogP contribution in [0.5, 0.6) is 0 Å². The third-order valence-electron chi connectivity index (χ3n) is 5.16. The number of alkyl halides is 2. The summed E-state index contributed by atoms with van der Waals surface area (Å²) in [6.45, 7) is 5.92. The molecule has 0 radical (unpaired) electrons. The molecule has 0 amide bonds. The maximum absolute atomic E-state index is 14.7. The molecular weight excluding hydrogens is 369 g/mol. The second-order valence-corrected chi connectivity index (χ2v) is 7.61. The average Bonchev–Trinajstić information content (AvgIpc) is 3.53. The average molecular weight is 392 g/mol.